The quantitative estimate of drug-likeness (QED) is 0.572. The molecule has 0 spiro atoms. The largest absolute Gasteiger partial charge is 0.478 e. The standard InChI is InChI=1S/C8H9NO5S/c1-15(12,13)14-7-4-5(9)2-3-6(7)8(10)11/h2-4H,9H2,1H3,(H,10,11). The number of nitrogens with two attached hydrogens (primary N) is 1. The van der Waals surface area contributed by atoms with Gasteiger partial charge in [0.15, 0.2) is 5.75 Å². The summed E-state index contributed by atoms with van der Waals surface area (Å²) in [7, 11) is -3.77. The number of carboxylic acid groups (broad SMARTS) is 1. The molecule has 0 saturated heterocycles. The van der Waals surface area contributed by atoms with E-state index < -0.39 is 16.1 Å². The summed E-state index contributed by atoms with van der Waals surface area (Å²) in [6.07, 6.45) is 0.821. The monoisotopic (exact) mass is 231 g/mol. The van der Waals surface area contributed by atoms with Gasteiger partial charge in [-0.15, -0.1) is 0 Å². The van der Waals surface area contributed by atoms with E-state index in [4.69, 9.17) is 10.8 Å². The van der Waals surface area contributed by atoms with Gasteiger partial charge in [0.2, 0.25) is 0 Å². The third kappa shape index (κ3) is 3.13. The van der Waals surface area contributed by atoms with Gasteiger partial charge >= 0.3 is 16.1 Å². The predicted molar refractivity (Wildman–Crippen MR) is 53.3 cm³/mol. The molecule has 0 unspecified atom stereocenters. The van der Waals surface area contributed by atoms with Crippen molar-refractivity contribution in [3.05, 3.63) is 23.8 Å². The van der Waals surface area contributed by atoms with Crippen molar-refractivity contribution in [1.29, 1.82) is 0 Å². The third-order valence-electron chi connectivity index (χ3n) is 1.48. The van der Waals surface area contributed by atoms with Crippen molar-refractivity contribution < 1.29 is 22.5 Å². The Morgan fingerprint density at radius 2 is 2.07 bits per heavy atom. The van der Waals surface area contributed by atoms with Crippen LogP contribution in [-0.4, -0.2) is 25.7 Å². The smallest absolute Gasteiger partial charge is 0.339 e. The first kappa shape index (κ1) is 11.3. The van der Waals surface area contributed by atoms with E-state index in [-0.39, 0.29) is 17.0 Å². The second kappa shape index (κ2) is 3.77. The number of hydrogen-bond acceptors (Lipinski definition) is 5. The molecule has 0 amide bonds. The zero-order valence-corrected chi connectivity index (χ0v) is 8.61. The Morgan fingerprint density at radius 1 is 1.47 bits per heavy atom. The van der Waals surface area contributed by atoms with Crippen molar-refractivity contribution in [2.75, 3.05) is 12.0 Å². The topological polar surface area (TPSA) is 107 Å². The Morgan fingerprint density at radius 3 is 2.53 bits per heavy atom. The molecule has 0 bridgehead atoms. The summed E-state index contributed by atoms with van der Waals surface area (Å²) in [6, 6.07) is 3.67. The molecule has 82 valence electrons. The second-order valence-corrected chi connectivity index (χ2v) is 4.42. The van der Waals surface area contributed by atoms with Gasteiger partial charge < -0.3 is 15.0 Å². The molecule has 0 aliphatic heterocycles. The summed E-state index contributed by atoms with van der Waals surface area (Å²) in [4.78, 5) is 10.7. The average Bonchev–Trinajstić information content (AvgIpc) is 1.99. The van der Waals surface area contributed by atoms with Crippen molar-refractivity contribution >= 4 is 21.8 Å². The highest BCUT2D eigenvalue weighted by molar-refractivity contribution is 7.86. The van der Waals surface area contributed by atoms with Crippen LogP contribution in [0.5, 0.6) is 5.75 Å². The van der Waals surface area contributed by atoms with Gasteiger partial charge in [-0.1, -0.05) is 0 Å². The Labute approximate surface area is 86.4 Å². The Bertz CT molecular complexity index is 494. The maximum atomic E-state index is 10.8. The van der Waals surface area contributed by atoms with Crippen LogP contribution in [0.15, 0.2) is 18.2 Å². The first-order valence-electron chi connectivity index (χ1n) is 3.82. The molecule has 0 heterocycles. The van der Waals surface area contributed by atoms with Crippen LogP contribution in [0.25, 0.3) is 0 Å². The predicted octanol–water partition coefficient (Wildman–Crippen LogP) is 0.305. The van der Waals surface area contributed by atoms with Crippen LogP contribution in [0.2, 0.25) is 0 Å². The average molecular weight is 231 g/mol. The molecule has 0 saturated carbocycles. The zero-order valence-electron chi connectivity index (χ0n) is 7.80. The number of carboxylic acids is 1. The first-order chi connectivity index (χ1) is 6.79. The van der Waals surface area contributed by atoms with Crippen LogP contribution < -0.4 is 9.92 Å². The molecule has 0 radical (unpaired) electrons. The van der Waals surface area contributed by atoms with Crippen molar-refractivity contribution in [1.82, 2.24) is 0 Å². The van der Waals surface area contributed by atoms with Gasteiger partial charge in [-0.2, -0.15) is 8.42 Å². The molecule has 0 aliphatic carbocycles. The fraction of sp³-hybridized carbons (Fsp3) is 0.125. The molecule has 0 aromatic heterocycles. The molecule has 3 N–H and O–H groups in total. The van der Waals surface area contributed by atoms with Gasteiger partial charge in [0.25, 0.3) is 0 Å². The summed E-state index contributed by atoms with van der Waals surface area (Å²) in [5.74, 6) is -1.57. The molecule has 0 atom stereocenters. The molecule has 6 nitrogen and oxygen atoms in total. The van der Waals surface area contributed by atoms with E-state index >= 15 is 0 Å². The van der Waals surface area contributed by atoms with Crippen LogP contribution in [0, 0.1) is 0 Å². The maximum absolute atomic E-state index is 10.8. The minimum absolute atomic E-state index is 0.221. The fourth-order valence-corrected chi connectivity index (χ4v) is 1.41. The van der Waals surface area contributed by atoms with Crippen molar-refractivity contribution in [2.24, 2.45) is 0 Å². The lowest BCUT2D eigenvalue weighted by Crippen LogP contribution is -2.10. The molecule has 0 fully saturated rings. The van der Waals surface area contributed by atoms with Crippen molar-refractivity contribution in [2.45, 2.75) is 0 Å². The lowest BCUT2D eigenvalue weighted by molar-refractivity contribution is 0.0695. The SMILES string of the molecule is CS(=O)(=O)Oc1cc(N)ccc1C(=O)O. The normalized spacial score (nSPS) is 11.0. The Hall–Kier alpha value is -1.76. The molecule has 1 rings (SSSR count). The number of rotatable bonds is 3. The number of nitrogen functional groups attached to an aromatic ring is 1. The highest BCUT2D eigenvalue weighted by atomic mass is 32.2. The number of benzene rings is 1. The summed E-state index contributed by atoms with van der Waals surface area (Å²) >= 11 is 0. The van der Waals surface area contributed by atoms with Gasteiger partial charge in [0.1, 0.15) is 5.56 Å². The lowest BCUT2D eigenvalue weighted by atomic mass is 10.2. The molecule has 15 heavy (non-hydrogen) atoms. The number of carbonyl (C=O) groups is 1. The van der Waals surface area contributed by atoms with Crippen molar-refractivity contribution in [3.63, 3.8) is 0 Å². The first-order valence-corrected chi connectivity index (χ1v) is 5.63. The van der Waals surface area contributed by atoms with E-state index in [0.717, 1.165) is 12.3 Å². The summed E-state index contributed by atoms with van der Waals surface area (Å²) in [5.41, 5.74) is 5.34. The van der Waals surface area contributed by atoms with E-state index in [9.17, 15) is 13.2 Å². The van der Waals surface area contributed by atoms with Crippen LogP contribution in [-0.2, 0) is 10.1 Å². The summed E-state index contributed by atoms with van der Waals surface area (Å²) in [6.45, 7) is 0. The molecule has 0 aliphatic rings. The highest BCUT2D eigenvalue weighted by Gasteiger charge is 2.15. The van der Waals surface area contributed by atoms with Crippen LogP contribution in [0.3, 0.4) is 0 Å². The van der Waals surface area contributed by atoms with Crippen LogP contribution in [0.1, 0.15) is 10.4 Å². The zero-order chi connectivity index (χ0) is 11.6. The van der Waals surface area contributed by atoms with E-state index in [2.05, 4.69) is 4.18 Å². The second-order valence-electron chi connectivity index (χ2n) is 2.85. The number of anilines is 1. The molecule has 7 heteroatoms. The number of hydrogen-bond donors (Lipinski definition) is 2. The Balaban J connectivity index is 3.25. The summed E-state index contributed by atoms with van der Waals surface area (Å²) in [5, 5.41) is 8.74. The molecule has 1 aromatic carbocycles. The van der Waals surface area contributed by atoms with Gasteiger partial charge in [-0.25, -0.2) is 4.79 Å². The minimum Gasteiger partial charge on any atom is -0.478 e. The van der Waals surface area contributed by atoms with Crippen LogP contribution in [0.4, 0.5) is 5.69 Å². The lowest BCUT2D eigenvalue weighted by Gasteiger charge is -2.06. The maximum Gasteiger partial charge on any atom is 0.339 e. The van der Waals surface area contributed by atoms with E-state index in [1.807, 2.05) is 0 Å². The Kier molecular flexibility index (Phi) is 2.85. The molecular weight excluding hydrogens is 222 g/mol. The molecule has 1 aromatic rings. The van der Waals surface area contributed by atoms with E-state index in [0.29, 0.717) is 0 Å². The van der Waals surface area contributed by atoms with Gasteiger partial charge in [-0.3, -0.25) is 0 Å². The highest BCUT2D eigenvalue weighted by Crippen LogP contribution is 2.23. The number of aromatic carboxylic acids is 1. The van der Waals surface area contributed by atoms with E-state index in [1.165, 1.54) is 12.1 Å². The fourth-order valence-electron chi connectivity index (χ4n) is 0.948. The van der Waals surface area contributed by atoms with Gasteiger partial charge in [0, 0.05) is 11.8 Å². The third-order valence-corrected chi connectivity index (χ3v) is 1.96. The van der Waals surface area contributed by atoms with Gasteiger partial charge in [0.05, 0.1) is 6.26 Å². The van der Waals surface area contributed by atoms with Crippen molar-refractivity contribution in [3.8, 4) is 5.75 Å². The van der Waals surface area contributed by atoms with Gasteiger partial charge in [-0.05, 0) is 12.1 Å². The minimum atomic E-state index is -3.77. The summed E-state index contributed by atoms with van der Waals surface area (Å²) < 4.78 is 26.1. The van der Waals surface area contributed by atoms with E-state index in [1.54, 1.807) is 0 Å². The van der Waals surface area contributed by atoms with Crippen LogP contribution >= 0.6 is 0 Å². The molecular formula is C8H9NO5S.